The normalized spacial score (nSPS) is 16.1. The molecule has 7 nitrogen and oxygen atoms in total. The number of amides is 1. The monoisotopic (exact) mass is 436 g/mol. The molecule has 0 saturated carbocycles. The first-order chi connectivity index (χ1) is 14.7. The van der Waals surface area contributed by atoms with Crippen molar-refractivity contribution in [1.82, 2.24) is 10.2 Å². The van der Waals surface area contributed by atoms with Gasteiger partial charge in [0.15, 0.2) is 0 Å². The van der Waals surface area contributed by atoms with Crippen molar-refractivity contribution >= 4 is 17.3 Å². The molecule has 0 spiro atoms. The molecule has 1 fully saturated rings. The first-order valence-corrected chi connectivity index (χ1v) is 9.83. The van der Waals surface area contributed by atoms with Gasteiger partial charge in [-0.1, -0.05) is 30.3 Å². The van der Waals surface area contributed by atoms with Crippen LogP contribution in [0.1, 0.15) is 18.1 Å². The number of nitro groups is 1. The minimum absolute atomic E-state index is 0.127. The van der Waals surface area contributed by atoms with Crippen LogP contribution in [-0.2, 0) is 17.5 Å². The minimum atomic E-state index is -4.65. The van der Waals surface area contributed by atoms with Gasteiger partial charge in [-0.3, -0.25) is 19.8 Å². The number of nitro benzene ring substituents is 1. The van der Waals surface area contributed by atoms with Gasteiger partial charge >= 0.3 is 6.18 Å². The molecule has 1 aliphatic rings. The van der Waals surface area contributed by atoms with E-state index < -0.39 is 28.4 Å². The fourth-order valence-corrected chi connectivity index (χ4v) is 3.56. The van der Waals surface area contributed by atoms with Crippen LogP contribution in [0.25, 0.3) is 0 Å². The number of rotatable bonds is 6. The molecule has 10 heteroatoms. The van der Waals surface area contributed by atoms with E-state index in [9.17, 15) is 28.1 Å². The predicted octanol–water partition coefficient (Wildman–Crippen LogP) is 3.44. The smallest absolute Gasteiger partial charge is 0.363 e. The van der Waals surface area contributed by atoms with E-state index in [0.717, 1.165) is 17.7 Å². The molecule has 1 amide bonds. The predicted molar refractivity (Wildman–Crippen MR) is 110 cm³/mol. The van der Waals surface area contributed by atoms with E-state index in [-0.39, 0.29) is 11.6 Å². The van der Waals surface area contributed by atoms with Crippen molar-refractivity contribution in [3.05, 3.63) is 69.8 Å². The number of nitrogens with one attached hydrogen (secondary N) is 1. The van der Waals surface area contributed by atoms with E-state index in [0.29, 0.717) is 38.8 Å². The lowest BCUT2D eigenvalue weighted by Crippen LogP contribution is -2.54. The molecule has 1 saturated heterocycles. The van der Waals surface area contributed by atoms with E-state index in [1.807, 2.05) is 35.2 Å². The third kappa shape index (κ3) is 5.52. The summed E-state index contributed by atoms with van der Waals surface area (Å²) in [6, 6.07) is 11.7. The van der Waals surface area contributed by atoms with Gasteiger partial charge in [0.25, 0.3) is 5.69 Å². The summed E-state index contributed by atoms with van der Waals surface area (Å²) >= 11 is 0. The van der Waals surface area contributed by atoms with Gasteiger partial charge in [-0.2, -0.15) is 13.2 Å². The lowest BCUT2D eigenvalue weighted by atomic mass is 10.1. The highest BCUT2D eigenvalue weighted by Crippen LogP contribution is 2.36. The maximum Gasteiger partial charge on any atom is 0.416 e. The molecular weight excluding hydrogens is 413 g/mol. The van der Waals surface area contributed by atoms with Crippen LogP contribution in [0.4, 0.5) is 24.5 Å². The molecule has 2 aromatic carbocycles. The topological polar surface area (TPSA) is 78.7 Å². The third-order valence-electron chi connectivity index (χ3n) is 5.39. The summed E-state index contributed by atoms with van der Waals surface area (Å²) in [7, 11) is 0. The highest BCUT2D eigenvalue weighted by molar-refractivity contribution is 5.81. The lowest BCUT2D eigenvalue weighted by Gasteiger charge is -2.38. The van der Waals surface area contributed by atoms with Gasteiger partial charge in [0.1, 0.15) is 5.69 Å². The highest BCUT2D eigenvalue weighted by atomic mass is 19.4. The summed E-state index contributed by atoms with van der Waals surface area (Å²) in [4.78, 5) is 26.7. The number of alkyl halides is 3. The summed E-state index contributed by atoms with van der Waals surface area (Å²) < 4.78 is 38.7. The van der Waals surface area contributed by atoms with Crippen LogP contribution in [0, 0.1) is 10.1 Å². The Morgan fingerprint density at radius 2 is 1.77 bits per heavy atom. The average molecular weight is 436 g/mol. The van der Waals surface area contributed by atoms with Crippen LogP contribution >= 0.6 is 0 Å². The van der Waals surface area contributed by atoms with Gasteiger partial charge in [-0.05, 0) is 24.6 Å². The van der Waals surface area contributed by atoms with Crippen LogP contribution in [0.2, 0.25) is 0 Å². The first kappa shape index (κ1) is 22.5. The zero-order valence-corrected chi connectivity index (χ0v) is 16.9. The zero-order chi connectivity index (χ0) is 22.6. The van der Waals surface area contributed by atoms with Crippen LogP contribution in [0.15, 0.2) is 48.5 Å². The van der Waals surface area contributed by atoms with Crippen molar-refractivity contribution in [3.63, 3.8) is 0 Å². The van der Waals surface area contributed by atoms with E-state index >= 15 is 0 Å². The maximum atomic E-state index is 12.9. The Balaban J connectivity index is 1.61. The molecule has 0 aliphatic carbocycles. The number of carbonyl (C=O) groups is 1. The van der Waals surface area contributed by atoms with Gasteiger partial charge in [-0.25, -0.2) is 0 Å². The summed E-state index contributed by atoms with van der Waals surface area (Å²) in [5.74, 6) is -0.127. The van der Waals surface area contributed by atoms with Crippen molar-refractivity contribution < 1.29 is 22.9 Å². The number of hydrogen-bond acceptors (Lipinski definition) is 5. The maximum absolute atomic E-state index is 12.9. The number of nitrogens with zero attached hydrogens (tertiary/aromatic N) is 3. The van der Waals surface area contributed by atoms with Crippen LogP contribution in [-0.4, -0.2) is 48.0 Å². The van der Waals surface area contributed by atoms with Gasteiger partial charge < -0.3 is 10.2 Å². The summed E-state index contributed by atoms with van der Waals surface area (Å²) in [6.45, 7) is 3.85. The van der Waals surface area contributed by atoms with Crippen LogP contribution < -0.4 is 10.2 Å². The van der Waals surface area contributed by atoms with E-state index in [4.69, 9.17) is 0 Å². The fourth-order valence-electron chi connectivity index (χ4n) is 3.56. The second kappa shape index (κ2) is 9.34. The second-order valence-corrected chi connectivity index (χ2v) is 7.36. The molecule has 2 aromatic rings. The SMILES string of the molecule is CC(C(=O)NCc1ccccc1)N1CCN(c2ccc(C(F)(F)F)cc2[N+](=O)[O-])CC1. The largest absolute Gasteiger partial charge is 0.416 e. The molecular formula is C21H23F3N4O3. The Morgan fingerprint density at radius 1 is 1.13 bits per heavy atom. The number of piperazine rings is 1. The molecule has 1 aliphatic heterocycles. The molecule has 3 rings (SSSR count). The van der Waals surface area contributed by atoms with Crippen molar-refractivity contribution in [2.24, 2.45) is 0 Å². The van der Waals surface area contributed by atoms with Crippen molar-refractivity contribution in [1.29, 1.82) is 0 Å². The molecule has 1 atom stereocenters. The Morgan fingerprint density at radius 3 is 2.35 bits per heavy atom. The number of hydrogen-bond donors (Lipinski definition) is 1. The minimum Gasteiger partial charge on any atom is -0.363 e. The van der Waals surface area contributed by atoms with Crippen molar-refractivity contribution in [3.8, 4) is 0 Å². The van der Waals surface area contributed by atoms with Crippen LogP contribution in [0.3, 0.4) is 0 Å². The molecule has 1 heterocycles. The molecule has 0 aromatic heterocycles. The Bertz CT molecular complexity index is 929. The van der Waals surface area contributed by atoms with Gasteiger partial charge in [0.2, 0.25) is 5.91 Å². The van der Waals surface area contributed by atoms with E-state index in [1.54, 1.807) is 11.8 Å². The molecule has 166 valence electrons. The van der Waals surface area contributed by atoms with Crippen molar-refractivity contribution in [2.75, 3.05) is 31.1 Å². The summed E-state index contributed by atoms with van der Waals surface area (Å²) in [5.41, 5.74) is -0.483. The summed E-state index contributed by atoms with van der Waals surface area (Å²) in [5, 5.41) is 14.2. The standard InChI is InChI=1S/C21H23F3N4O3/c1-15(20(29)25-14-16-5-3-2-4-6-16)26-9-11-27(12-10-26)18-8-7-17(21(22,23)24)13-19(18)28(30)31/h2-8,13,15H,9-12,14H2,1H3,(H,25,29). The highest BCUT2D eigenvalue weighted by Gasteiger charge is 2.34. The number of anilines is 1. The zero-order valence-electron chi connectivity index (χ0n) is 16.9. The molecule has 1 unspecified atom stereocenters. The lowest BCUT2D eigenvalue weighted by molar-refractivity contribution is -0.384. The Labute approximate surface area is 177 Å². The number of halogens is 3. The molecule has 0 radical (unpaired) electrons. The second-order valence-electron chi connectivity index (χ2n) is 7.36. The third-order valence-corrected chi connectivity index (χ3v) is 5.39. The number of benzene rings is 2. The van der Waals surface area contributed by atoms with Crippen molar-refractivity contribution in [2.45, 2.75) is 25.7 Å². The van der Waals surface area contributed by atoms with Gasteiger partial charge in [-0.15, -0.1) is 0 Å². The van der Waals surface area contributed by atoms with Crippen LogP contribution in [0.5, 0.6) is 0 Å². The first-order valence-electron chi connectivity index (χ1n) is 9.83. The van der Waals surface area contributed by atoms with E-state index in [1.165, 1.54) is 0 Å². The van der Waals surface area contributed by atoms with Gasteiger partial charge in [0.05, 0.1) is 16.5 Å². The molecule has 0 bridgehead atoms. The number of carbonyl (C=O) groups excluding carboxylic acids is 1. The molecule has 1 N–H and O–H groups in total. The van der Waals surface area contributed by atoms with Gasteiger partial charge in [0, 0.05) is 38.8 Å². The molecule has 31 heavy (non-hydrogen) atoms. The fraction of sp³-hybridized carbons (Fsp3) is 0.381. The average Bonchev–Trinajstić information content (AvgIpc) is 2.76. The van der Waals surface area contributed by atoms with E-state index in [2.05, 4.69) is 5.32 Å². The quantitative estimate of drug-likeness (QED) is 0.555. The Hall–Kier alpha value is -3.14. The summed E-state index contributed by atoms with van der Waals surface area (Å²) in [6.07, 6.45) is -4.65. The Kier molecular flexibility index (Phi) is 6.79.